The maximum absolute atomic E-state index is 13.7. The highest BCUT2D eigenvalue weighted by Crippen LogP contribution is 2.29. The molecule has 178 valence electrons. The molecular weight excluding hydrogens is 484 g/mol. The van der Waals surface area contributed by atoms with E-state index in [1.165, 1.54) is 17.7 Å². The number of amides is 1. The lowest BCUT2D eigenvalue weighted by molar-refractivity contribution is 0.0681. The van der Waals surface area contributed by atoms with Gasteiger partial charge < -0.3 is 4.90 Å². The highest BCUT2D eigenvalue weighted by Gasteiger charge is 2.27. The van der Waals surface area contributed by atoms with E-state index >= 15 is 0 Å². The van der Waals surface area contributed by atoms with Crippen molar-refractivity contribution < 1.29 is 9.18 Å². The van der Waals surface area contributed by atoms with Crippen molar-refractivity contribution in [1.29, 1.82) is 0 Å². The van der Waals surface area contributed by atoms with Crippen LogP contribution in [0.1, 0.15) is 28.9 Å². The number of rotatable bonds is 5. The van der Waals surface area contributed by atoms with Gasteiger partial charge in [-0.05, 0) is 79.3 Å². The second-order valence-corrected chi connectivity index (χ2v) is 9.67. The predicted molar refractivity (Wildman–Crippen MR) is 138 cm³/mol. The van der Waals surface area contributed by atoms with E-state index in [2.05, 4.69) is 29.4 Å². The number of piperidine rings is 1. The maximum Gasteiger partial charge on any atom is 0.272 e. The Balaban J connectivity index is 1.41. The summed E-state index contributed by atoms with van der Waals surface area (Å²) < 4.78 is 15.1. The molecule has 0 spiro atoms. The van der Waals surface area contributed by atoms with E-state index in [9.17, 15) is 9.18 Å². The number of halogens is 3. The second-order valence-electron chi connectivity index (χ2n) is 8.86. The summed E-state index contributed by atoms with van der Waals surface area (Å²) in [5.41, 5.74) is 3.71. The molecule has 3 aromatic carbocycles. The van der Waals surface area contributed by atoms with Crippen LogP contribution < -0.4 is 0 Å². The van der Waals surface area contributed by atoms with Crippen LogP contribution in [0, 0.1) is 11.7 Å². The van der Waals surface area contributed by atoms with Crippen LogP contribution in [-0.2, 0) is 6.42 Å². The maximum atomic E-state index is 13.7. The van der Waals surface area contributed by atoms with Crippen molar-refractivity contribution in [1.82, 2.24) is 14.7 Å². The Morgan fingerprint density at radius 2 is 1.63 bits per heavy atom. The van der Waals surface area contributed by atoms with Crippen molar-refractivity contribution in [2.75, 3.05) is 13.1 Å². The number of carbonyl (C=O) groups excluding carboxylic acids is 1. The number of carbonyl (C=O) groups is 1. The molecule has 4 nitrogen and oxygen atoms in total. The summed E-state index contributed by atoms with van der Waals surface area (Å²) in [6.45, 7) is 1.38. The van der Waals surface area contributed by atoms with Crippen LogP contribution in [0.25, 0.3) is 16.9 Å². The topological polar surface area (TPSA) is 38.1 Å². The minimum absolute atomic E-state index is 0.0879. The van der Waals surface area contributed by atoms with Gasteiger partial charge in [0, 0.05) is 18.7 Å². The van der Waals surface area contributed by atoms with Gasteiger partial charge in [-0.3, -0.25) is 4.79 Å². The molecule has 0 radical (unpaired) electrons. The van der Waals surface area contributed by atoms with Crippen molar-refractivity contribution in [3.05, 3.63) is 106 Å². The Morgan fingerprint density at radius 3 is 2.31 bits per heavy atom. The fourth-order valence-corrected chi connectivity index (χ4v) is 4.85. The highest BCUT2D eigenvalue weighted by molar-refractivity contribution is 6.42. The van der Waals surface area contributed by atoms with Crippen LogP contribution in [0.4, 0.5) is 4.39 Å². The third-order valence-electron chi connectivity index (χ3n) is 6.49. The quantitative estimate of drug-likeness (QED) is 0.289. The Kier molecular flexibility index (Phi) is 6.89. The van der Waals surface area contributed by atoms with Crippen LogP contribution in [-0.4, -0.2) is 33.7 Å². The van der Waals surface area contributed by atoms with Crippen LogP contribution >= 0.6 is 23.2 Å². The van der Waals surface area contributed by atoms with Crippen molar-refractivity contribution in [3.63, 3.8) is 0 Å². The molecule has 2 heterocycles. The lowest BCUT2D eigenvalue weighted by atomic mass is 9.90. The summed E-state index contributed by atoms with van der Waals surface area (Å²) >= 11 is 12.4. The van der Waals surface area contributed by atoms with Crippen molar-refractivity contribution >= 4 is 29.1 Å². The second kappa shape index (κ2) is 10.2. The zero-order valence-electron chi connectivity index (χ0n) is 19.0. The smallest absolute Gasteiger partial charge is 0.272 e. The van der Waals surface area contributed by atoms with Gasteiger partial charge in [-0.2, -0.15) is 5.10 Å². The van der Waals surface area contributed by atoms with Gasteiger partial charge in [-0.25, -0.2) is 9.07 Å². The third-order valence-corrected chi connectivity index (χ3v) is 7.22. The van der Waals surface area contributed by atoms with E-state index < -0.39 is 0 Å². The number of aromatic nitrogens is 2. The van der Waals surface area contributed by atoms with Gasteiger partial charge in [0.25, 0.3) is 5.91 Å². The number of benzene rings is 3. The third kappa shape index (κ3) is 5.26. The van der Waals surface area contributed by atoms with Crippen molar-refractivity contribution in [3.8, 4) is 16.9 Å². The largest absolute Gasteiger partial charge is 0.337 e. The monoisotopic (exact) mass is 507 g/mol. The zero-order chi connectivity index (χ0) is 24.4. The van der Waals surface area contributed by atoms with Crippen LogP contribution in [0.2, 0.25) is 10.0 Å². The summed E-state index contributed by atoms with van der Waals surface area (Å²) in [6.07, 6.45) is 2.93. The van der Waals surface area contributed by atoms with E-state index in [1.807, 2.05) is 11.0 Å². The van der Waals surface area contributed by atoms with E-state index in [1.54, 1.807) is 41.1 Å². The van der Waals surface area contributed by atoms with Gasteiger partial charge >= 0.3 is 0 Å². The van der Waals surface area contributed by atoms with Gasteiger partial charge in [0.2, 0.25) is 0 Å². The number of hydrogen-bond acceptors (Lipinski definition) is 2. The average molecular weight is 508 g/mol. The molecule has 5 rings (SSSR count). The minimum Gasteiger partial charge on any atom is -0.337 e. The normalized spacial score (nSPS) is 14.3. The lowest BCUT2D eigenvalue weighted by Crippen LogP contribution is -2.39. The standard InChI is InChI=1S/C28H24Cl2FN3O/c29-24-11-10-23(17-25(24)30)34-27(18-26(32-34)21-6-8-22(31)9-7-21)28(35)33-14-12-20(13-15-33)16-19-4-2-1-3-5-19/h1-11,17-18,20H,12-16H2. The van der Waals surface area contributed by atoms with Crippen LogP contribution in [0.15, 0.2) is 78.9 Å². The summed E-state index contributed by atoms with van der Waals surface area (Å²) in [4.78, 5) is 15.5. The first-order chi connectivity index (χ1) is 17.0. The van der Waals surface area contributed by atoms with Gasteiger partial charge in [-0.15, -0.1) is 0 Å². The van der Waals surface area contributed by atoms with E-state index in [0.29, 0.717) is 46.1 Å². The molecule has 0 saturated carbocycles. The van der Waals surface area contributed by atoms with E-state index in [-0.39, 0.29) is 11.7 Å². The molecule has 4 aromatic rings. The van der Waals surface area contributed by atoms with E-state index in [4.69, 9.17) is 23.2 Å². The minimum atomic E-state index is -0.327. The number of hydrogen-bond donors (Lipinski definition) is 0. The highest BCUT2D eigenvalue weighted by atomic mass is 35.5. The summed E-state index contributed by atoms with van der Waals surface area (Å²) in [5, 5.41) is 5.49. The first-order valence-corrected chi connectivity index (χ1v) is 12.4. The van der Waals surface area contributed by atoms with Gasteiger partial charge in [0.1, 0.15) is 11.5 Å². The molecule has 0 aliphatic carbocycles. The molecule has 7 heteroatoms. The summed E-state index contributed by atoms with van der Waals surface area (Å²) in [7, 11) is 0. The van der Waals surface area contributed by atoms with Gasteiger partial charge in [-0.1, -0.05) is 53.5 Å². The molecule has 35 heavy (non-hydrogen) atoms. The molecule has 0 N–H and O–H groups in total. The molecule has 0 bridgehead atoms. The first kappa shape index (κ1) is 23.6. The van der Waals surface area contributed by atoms with E-state index in [0.717, 1.165) is 24.8 Å². The molecule has 0 atom stereocenters. The van der Waals surface area contributed by atoms with Crippen LogP contribution in [0.3, 0.4) is 0 Å². The average Bonchev–Trinajstić information content (AvgIpc) is 3.32. The van der Waals surface area contributed by atoms with Crippen LogP contribution in [0.5, 0.6) is 0 Å². The molecule has 1 amide bonds. The Labute approximate surface area is 213 Å². The lowest BCUT2D eigenvalue weighted by Gasteiger charge is -2.32. The molecule has 1 aromatic heterocycles. The first-order valence-electron chi connectivity index (χ1n) is 11.6. The van der Waals surface area contributed by atoms with Gasteiger partial charge in [0.05, 0.1) is 21.4 Å². The SMILES string of the molecule is O=C(c1cc(-c2ccc(F)cc2)nn1-c1ccc(Cl)c(Cl)c1)N1CCC(Cc2ccccc2)CC1. The molecular formula is C28H24Cl2FN3O. The van der Waals surface area contributed by atoms with Crippen molar-refractivity contribution in [2.45, 2.75) is 19.3 Å². The molecule has 1 fully saturated rings. The fraction of sp³-hybridized carbons (Fsp3) is 0.214. The Morgan fingerprint density at radius 1 is 0.914 bits per heavy atom. The van der Waals surface area contributed by atoms with Gasteiger partial charge in [0.15, 0.2) is 0 Å². The molecule has 1 saturated heterocycles. The Hall–Kier alpha value is -3.15. The zero-order valence-corrected chi connectivity index (χ0v) is 20.5. The molecule has 0 unspecified atom stereocenters. The summed E-state index contributed by atoms with van der Waals surface area (Å²) in [5.74, 6) is 0.138. The summed E-state index contributed by atoms with van der Waals surface area (Å²) in [6, 6.07) is 23.5. The molecule has 1 aliphatic rings. The number of nitrogens with zero attached hydrogens (tertiary/aromatic N) is 3. The Bertz CT molecular complexity index is 1330. The predicted octanol–water partition coefficient (Wildman–Crippen LogP) is 7.08. The number of likely N-dealkylation sites (tertiary alicyclic amines) is 1. The molecule has 1 aliphatic heterocycles. The fourth-order valence-electron chi connectivity index (χ4n) is 4.56. The van der Waals surface area contributed by atoms with Crippen molar-refractivity contribution in [2.24, 2.45) is 5.92 Å².